The van der Waals surface area contributed by atoms with E-state index in [1.54, 1.807) is 7.11 Å². The highest BCUT2D eigenvalue weighted by Gasteiger charge is 2.15. The van der Waals surface area contributed by atoms with E-state index in [1.165, 1.54) is 16.7 Å². The number of rotatable bonds is 11. The average Bonchev–Trinajstić information content (AvgIpc) is 2.78. The molecule has 0 heterocycles. The Labute approximate surface area is 180 Å². The summed E-state index contributed by atoms with van der Waals surface area (Å²) in [6.07, 6.45) is 1.11. The predicted molar refractivity (Wildman–Crippen MR) is 113 cm³/mol. The number of hydrogen-bond donors (Lipinski definition) is 1. The van der Waals surface area contributed by atoms with Gasteiger partial charge in [-0.2, -0.15) is 0 Å². The Morgan fingerprint density at radius 2 is 1.21 bits per heavy atom. The molecule has 0 aliphatic heterocycles. The molecule has 3 nitrogen and oxygen atoms in total. The molecule has 3 rings (SSSR count). The fraction of sp³-hybridized carbons (Fsp3) is 0.280. The quantitative estimate of drug-likeness (QED) is 0.480. The molecule has 3 aromatic carbocycles. The van der Waals surface area contributed by atoms with Crippen LogP contribution in [0.25, 0.3) is 0 Å². The summed E-state index contributed by atoms with van der Waals surface area (Å²) in [6.45, 7) is 2.66. The molecule has 0 saturated carbocycles. The molecule has 29 heavy (non-hydrogen) atoms. The standard InChI is InChI=1S/C25H29NO2.ClH/c1-27-24(21-12-5-2-6-13-21)20-26-18-11-19-28-25(22-14-7-3-8-15-22)23-16-9-4-10-17-23;/h2-10,12-17,24-26H,11,18-20H2,1H3;1H. The lowest BCUT2D eigenvalue weighted by Gasteiger charge is -2.19. The SMILES string of the molecule is COC(C[NH2+]CCCOC(c1ccccc1)c1ccccc1)c1ccccc1.[Cl-]. The number of ether oxygens (including phenoxy) is 2. The van der Waals surface area contributed by atoms with E-state index in [9.17, 15) is 0 Å². The molecule has 0 aromatic heterocycles. The molecule has 0 aliphatic rings. The van der Waals surface area contributed by atoms with Gasteiger partial charge >= 0.3 is 0 Å². The van der Waals surface area contributed by atoms with Gasteiger partial charge in [-0.25, -0.2) is 0 Å². The molecule has 0 spiro atoms. The van der Waals surface area contributed by atoms with E-state index < -0.39 is 0 Å². The van der Waals surface area contributed by atoms with Crippen LogP contribution in [0.3, 0.4) is 0 Å². The Morgan fingerprint density at radius 3 is 1.69 bits per heavy atom. The summed E-state index contributed by atoms with van der Waals surface area (Å²) in [5.41, 5.74) is 3.62. The summed E-state index contributed by atoms with van der Waals surface area (Å²) >= 11 is 0. The number of nitrogens with two attached hydrogens (primary N) is 1. The second kappa shape index (κ2) is 13.1. The molecule has 3 aromatic rings. The zero-order chi connectivity index (χ0) is 19.4. The molecule has 0 aliphatic carbocycles. The van der Waals surface area contributed by atoms with Gasteiger partial charge in [-0.15, -0.1) is 0 Å². The largest absolute Gasteiger partial charge is 1.00 e. The van der Waals surface area contributed by atoms with Crippen LogP contribution in [0.4, 0.5) is 0 Å². The number of benzene rings is 3. The van der Waals surface area contributed by atoms with E-state index in [4.69, 9.17) is 9.47 Å². The molecule has 2 N–H and O–H groups in total. The summed E-state index contributed by atoms with van der Waals surface area (Å²) in [6, 6.07) is 31.3. The Morgan fingerprint density at radius 1 is 0.724 bits per heavy atom. The van der Waals surface area contributed by atoms with Crippen molar-refractivity contribution in [3.05, 3.63) is 108 Å². The maximum atomic E-state index is 6.28. The number of quaternary nitrogens is 1. The summed E-state index contributed by atoms with van der Waals surface area (Å²) in [5, 5.41) is 2.31. The van der Waals surface area contributed by atoms with Crippen LogP contribution >= 0.6 is 0 Å². The van der Waals surface area contributed by atoms with Crippen molar-refractivity contribution in [1.29, 1.82) is 0 Å². The normalized spacial score (nSPS) is 11.8. The smallest absolute Gasteiger partial charge is 0.131 e. The van der Waals surface area contributed by atoms with E-state index >= 15 is 0 Å². The van der Waals surface area contributed by atoms with E-state index in [1.807, 2.05) is 18.2 Å². The highest BCUT2D eigenvalue weighted by molar-refractivity contribution is 5.29. The Bertz CT molecular complexity index is 744. The Kier molecular flexibility index (Phi) is 10.5. The molecule has 154 valence electrons. The van der Waals surface area contributed by atoms with Gasteiger partial charge in [-0.3, -0.25) is 0 Å². The van der Waals surface area contributed by atoms with Gasteiger partial charge in [0.15, 0.2) is 0 Å². The van der Waals surface area contributed by atoms with Crippen molar-refractivity contribution in [3.8, 4) is 0 Å². The topological polar surface area (TPSA) is 35.1 Å². The van der Waals surface area contributed by atoms with Gasteiger partial charge in [0.2, 0.25) is 0 Å². The van der Waals surface area contributed by atoms with Gasteiger partial charge in [-0.1, -0.05) is 91.0 Å². The fourth-order valence-corrected chi connectivity index (χ4v) is 3.37. The third-order valence-electron chi connectivity index (χ3n) is 4.88. The van der Waals surface area contributed by atoms with Gasteiger partial charge in [0.05, 0.1) is 13.2 Å². The first-order valence-corrected chi connectivity index (χ1v) is 9.99. The monoisotopic (exact) mass is 411 g/mol. The average molecular weight is 412 g/mol. The minimum atomic E-state index is -0.0153. The summed E-state index contributed by atoms with van der Waals surface area (Å²) in [5.74, 6) is 0. The Balaban J connectivity index is 0.00000300. The number of methoxy groups -OCH3 is 1. The van der Waals surface area contributed by atoms with Crippen LogP contribution in [0.2, 0.25) is 0 Å². The number of hydrogen-bond acceptors (Lipinski definition) is 2. The first-order chi connectivity index (χ1) is 13.9. The zero-order valence-corrected chi connectivity index (χ0v) is 17.7. The molecule has 0 fully saturated rings. The van der Waals surface area contributed by atoms with Gasteiger partial charge < -0.3 is 27.2 Å². The third-order valence-corrected chi connectivity index (χ3v) is 4.88. The minimum absolute atomic E-state index is 0. The zero-order valence-electron chi connectivity index (χ0n) is 16.9. The minimum Gasteiger partial charge on any atom is -1.00 e. The van der Waals surface area contributed by atoms with Crippen molar-refractivity contribution < 1.29 is 27.2 Å². The van der Waals surface area contributed by atoms with Crippen molar-refractivity contribution in [3.63, 3.8) is 0 Å². The van der Waals surface area contributed by atoms with E-state index in [0.29, 0.717) is 0 Å². The molecular weight excluding hydrogens is 382 g/mol. The van der Waals surface area contributed by atoms with E-state index in [-0.39, 0.29) is 24.6 Å². The second-order valence-corrected chi connectivity index (χ2v) is 6.87. The maximum Gasteiger partial charge on any atom is 0.131 e. The van der Waals surface area contributed by atoms with Gasteiger partial charge in [0.25, 0.3) is 0 Å². The fourth-order valence-electron chi connectivity index (χ4n) is 3.37. The van der Waals surface area contributed by atoms with E-state index in [2.05, 4.69) is 78.1 Å². The van der Waals surface area contributed by atoms with Crippen LogP contribution in [0.5, 0.6) is 0 Å². The van der Waals surface area contributed by atoms with Crippen molar-refractivity contribution in [2.45, 2.75) is 18.6 Å². The predicted octanol–water partition coefficient (Wildman–Crippen LogP) is 1.14. The molecule has 0 amide bonds. The van der Waals surface area contributed by atoms with Crippen LogP contribution in [0, 0.1) is 0 Å². The van der Waals surface area contributed by atoms with Crippen LogP contribution in [0.15, 0.2) is 91.0 Å². The van der Waals surface area contributed by atoms with Crippen molar-refractivity contribution in [1.82, 2.24) is 0 Å². The maximum absolute atomic E-state index is 6.28. The van der Waals surface area contributed by atoms with Crippen LogP contribution in [-0.4, -0.2) is 26.8 Å². The van der Waals surface area contributed by atoms with Crippen molar-refractivity contribution in [2.75, 3.05) is 26.8 Å². The van der Waals surface area contributed by atoms with Crippen LogP contribution < -0.4 is 17.7 Å². The second-order valence-electron chi connectivity index (χ2n) is 6.87. The van der Waals surface area contributed by atoms with E-state index in [0.717, 1.165) is 26.1 Å². The summed E-state index contributed by atoms with van der Waals surface area (Å²) in [4.78, 5) is 0. The van der Waals surface area contributed by atoms with Gasteiger partial charge in [0.1, 0.15) is 18.8 Å². The van der Waals surface area contributed by atoms with Crippen LogP contribution in [0.1, 0.15) is 35.3 Å². The molecule has 0 radical (unpaired) electrons. The molecule has 1 unspecified atom stereocenters. The summed E-state index contributed by atoms with van der Waals surface area (Å²) in [7, 11) is 1.78. The molecular formula is C25H30ClNO2. The highest BCUT2D eigenvalue weighted by atomic mass is 35.5. The molecule has 0 saturated heterocycles. The van der Waals surface area contributed by atoms with Crippen molar-refractivity contribution in [2.24, 2.45) is 0 Å². The van der Waals surface area contributed by atoms with Gasteiger partial charge in [-0.05, 0) is 16.7 Å². The highest BCUT2D eigenvalue weighted by Crippen LogP contribution is 2.25. The lowest BCUT2D eigenvalue weighted by molar-refractivity contribution is -0.662. The third kappa shape index (κ3) is 7.30. The Hall–Kier alpha value is -2.17. The van der Waals surface area contributed by atoms with Crippen LogP contribution in [-0.2, 0) is 9.47 Å². The first kappa shape index (κ1) is 23.1. The lowest BCUT2D eigenvalue weighted by atomic mass is 10.0. The summed E-state index contributed by atoms with van der Waals surface area (Å²) < 4.78 is 11.9. The van der Waals surface area contributed by atoms with Crippen molar-refractivity contribution >= 4 is 0 Å². The van der Waals surface area contributed by atoms with Gasteiger partial charge in [0, 0.05) is 13.5 Å². The molecule has 1 atom stereocenters. The number of halogens is 1. The lowest BCUT2D eigenvalue weighted by Crippen LogP contribution is -3.00. The molecule has 4 heteroatoms. The molecule has 0 bridgehead atoms. The first-order valence-electron chi connectivity index (χ1n) is 9.99.